The fourth-order valence-corrected chi connectivity index (χ4v) is 1.42. The Hall–Kier alpha value is -1.90. The quantitative estimate of drug-likeness (QED) is 0.711. The Morgan fingerprint density at radius 3 is 2.60 bits per heavy atom. The molecule has 0 amide bonds. The van der Waals surface area contributed by atoms with Crippen molar-refractivity contribution in [3.63, 3.8) is 0 Å². The number of carbonyl (C=O) groups is 1. The first kappa shape index (κ1) is 9.65. The third kappa shape index (κ3) is 2.13. The van der Waals surface area contributed by atoms with Crippen molar-refractivity contribution in [3.8, 4) is 0 Å². The Morgan fingerprint density at radius 2 is 2.00 bits per heavy atom. The van der Waals surface area contributed by atoms with E-state index in [1.54, 1.807) is 10.9 Å². The smallest absolute Gasteiger partial charge is 0.184 e. The van der Waals surface area contributed by atoms with Gasteiger partial charge in [-0.1, -0.05) is 30.3 Å². The predicted octanol–water partition coefficient (Wildman–Crippen LogP) is 2.07. The summed E-state index contributed by atoms with van der Waals surface area (Å²) in [5.74, 6) is 0.0856. The van der Waals surface area contributed by atoms with Gasteiger partial charge in [-0.3, -0.25) is 9.48 Å². The van der Waals surface area contributed by atoms with E-state index in [2.05, 4.69) is 5.10 Å². The molecular weight excluding hydrogens is 188 g/mol. The molecule has 0 spiro atoms. The van der Waals surface area contributed by atoms with Crippen LogP contribution < -0.4 is 0 Å². The second-order valence-corrected chi connectivity index (χ2v) is 3.42. The molecule has 0 aliphatic carbocycles. The third-order valence-corrected chi connectivity index (χ3v) is 2.32. The van der Waals surface area contributed by atoms with E-state index in [4.69, 9.17) is 0 Å². The van der Waals surface area contributed by atoms with Gasteiger partial charge < -0.3 is 0 Å². The van der Waals surface area contributed by atoms with E-state index >= 15 is 0 Å². The van der Waals surface area contributed by atoms with E-state index in [1.165, 1.54) is 0 Å². The number of carbonyl (C=O) groups excluding carboxylic acids is 1. The van der Waals surface area contributed by atoms with Crippen LogP contribution in [0.25, 0.3) is 0 Å². The van der Waals surface area contributed by atoms with Crippen LogP contribution in [0.1, 0.15) is 16.1 Å². The first-order valence-corrected chi connectivity index (χ1v) is 4.84. The molecule has 15 heavy (non-hydrogen) atoms. The van der Waals surface area contributed by atoms with Crippen LogP contribution in [0.4, 0.5) is 0 Å². The molecule has 0 saturated heterocycles. The molecule has 0 radical (unpaired) electrons. The molecule has 0 N–H and O–H groups in total. The van der Waals surface area contributed by atoms with Crippen LogP contribution in [0.3, 0.4) is 0 Å². The molecular formula is C12H12N2O. The van der Waals surface area contributed by atoms with Crippen LogP contribution in [0.15, 0.2) is 42.6 Å². The van der Waals surface area contributed by atoms with Crippen molar-refractivity contribution < 1.29 is 4.79 Å². The third-order valence-electron chi connectivity index (χ3n) is 2.32. The highest BCUT2D eigenvalue weighted by atomic mass is 16.1. The van der Waals surface area contributed by atoms with Gasteiger partial charge in [-0.2, -0.15) is 5.10 Å². The SMILES string of the molecule is Cc1ccnn1CC(=O)c1ccccc1. The maximum Gasteiger partial charge on any atom is 0.184 e. The summed E-state index contributed by atoms with van der Waals surface area (Å²) in [6.07, 6.45) is 1.70. The van der Waals surface area contributed by atoms with E-state index in [0.29, 0.717) is 6.54 Å². The number of benzene rings is 1. The number of Topliss-reactive ketones (excluding diaryl/α,β-unsaturated/α-hetero) is 1. The van der Waals surface area contributed by atoms with Crippen LogP contribution in [0.5, 0.6) is 0 Å². The van der Waals surface area contributed by atoms with Gasteiger partial charge >= 0.3 is 0 Å². The summed E-state index contributed by atoms with van der Waals surface area (Å²) < 4.78 is 1.70. The molecule has 0 fully saturated rings. The lowest BCUT2D eigenvalue weighted by atomic mass is 10.1. The average molecular weight is 200 g/mol. The fraction of sp³-hybridized carbons (Fsp3) is 0.167. The van der Waals surface area contributed by atoms with E-state index in [-0.39, 0.29) is 5.78 Å². The summed E-state index contributed by atoms with van der Waals surface area (Å²) in [6, 6.07) is 11.2. The second kappa shape index (κ2) is 4.09. The molecule has 1 aromatic carbocycles. The predicted molar refractivity (Wildman–Crippen MR) is 57.7 cm³/mol. The van der Waals surface area contributed by atoms with Crippen molar-refractivity contribution in [2.24, 2.45) is 0 Å². The monoisotopic (exact) mass is 200 g/mol. The summed E-state index contributed by atoms with van der Waals surface area (Å²) in [7, 11) is 0. The lowest BCUT2D eigenvalue weighted by Crippen LogP contribution is -2.12. The minimum atomic E-state index is 0.0856. The Morgan fingerprint density at radius 1 is 1.27 bits per heavy atom. The summed E-state index contributed by atoms with van der Waals surface area (Å²) >= 11 is 0. The average Bonchev–Trinajstić information content (AvgIpc) is 2.66. The maximum absolute atomic E-state index is 11.8. The molecule has 3 nitrogen and oxygen atoms in total. The first-order valence-electron chi connectivity index (χ1n) is 4.84. The minimum absolute atomic E-state index is 0.0856. The van der Waals surface area contributed by atoms with Crippen LogP contribution in [0.2, 0.25) is 0 Å². The Kier molecular flexibility index (Phi) is 2.63. The molecule has 2 aromatic rings. The highest BCUT2D eigenvalue weighted by Gasteiger charge is 2.07. The van der Waals surface area contributed by atoms with Crippen LogP contribution in [-0.2, 0) is 6.54 Å². The van der Waals surface area contributed by atoms with Crippen molar-refractivity contribution in [1.82, 2.24) is 9.78 Å². The molecule has 0 atom stereocenters. The Labute approximate surface area is 88.4 Å². The van der Waals surface area contributed by atoms with Gasteiger partial charge in [-0.25, -0.2) is 0 Å². The standard InChI is InChI=1S/C12H12N2O/c1-10-7-8-13-14(10)9-12(15)11-5-3-2-4-6-11/h2-8H,9H2,1H3. The molecule has 0 aliphatic rings. The number of rotatable bonds is 3. The zero-order valence-electron chi connectivity index (χ0n) is 8.55. The molecule has 1 aromatic heterocycles. The molecule has 3 heteroatoms. The Balaban J connectivity index is 2.15. The van der Waals surface area contributed by atoms with Gasteiger partial charge in [-0.15, -0.1) is 0 Å². The highest BCUT2D eigenvalue weighted by Crippen LogP contribution is 2.03. The zero-order chi connectivity index (χ0) is 10.7. The van der Waals surface area contributed by atoms with Crippen molar-refractivity contribution in [1.29, 1.82) is 0 Å². The number of ketones is 1. The van der Waals surface area contributed by atoms with Gasteiger partial charge in [0.25, 0.3) is 0 Å². The topological polar surface area (TPSA) is 34.9 Å². The molecule has 1 heterocycles. The first-order chi connectivity index (χ1) is 7.27. The molecule has 0 unspecified atom stereocenters. The van der Waals surface area contributed by atoms with Crippen molar-refractivity contribution >= 4 is 5.78 Å². The van der Waals surface area contributed by atoms with E-state index in [9.17, 15) is 4.79 Å². The largest absolute Gasteiger partial charge is 0.292 e. The summed E-state index contributed by atoms with van der Waals surface area (Å²) in [6.45, 7) is 2.24. The van der Waals surface area contributed by atoms with Gasteiger partial charge in [0.15, 0.2) is 5.78 Å². The van der Waals surface area contributed by atoms with E-state index in [0.717, 1.165) is 11.3 Å². The zero-order valence-corrected chi connectivity index (χ0v) is 8.55. The van der Waals surface area contributed by atoms with Crippen LogP contribution in [0, 0.1) is 6.92 Å². The van der Waals surface area contributed by atoms with Gasteiger partial charge in [0.1, 0.15) is 6.54 Å². The molecule has 0 aliphatic heterocycles. The van der Waals surface area contributed by atoms with Crippen molar-refractivity contribution in [2.45, 2.75) is 13.5 Å². The normalized spacial score (nSPS) is 10.2. The van der Waals surface area contributed by atoms with E-state index in [1.807, 2.05) is 43.3 Å². The minimum Gasteiger partial charge on any atom is -0.292 e. The van der Waals surface area contributed by atoms with Crippen molar-refractivity contribution in [3.05, 3.63) is 53.9 Å². The number of nitrogens with zero attached hydrogens (tertiary/aromatic N) is 2. The number of hydrogen-bond donors (Lipinski definition) is 0. The maximum atomic E-state index is 11.8. The van der Waals surface area contributed by atoms with E-state index < -0.39 is 0 Å². The fourth-order valence-electron chi connectivity index (χ4n) is 1.42. The summed E-state index contributed by atoms with van der Waals surface area (Å²) in [5.41, 5.74) is 1.73. The van der Waals surface area contributed by atoms with Crippen LogP contribution >= 0.6 is 0 Å². The van der Waals surface area contributed by atoms with Gasteiger partial charge in [-0.05, 0) is 13.0 Å². The summed E-state index contributed by atoms with van der Waals surface area (Å²) in [4.78, 5) is 11.8. The van der Waals surface area contributed by atoms with Crippen LogP contribution in [-0.4, -0.2) is 15.6 Å². The lowest BCUT2D eigenvalue weighted by Gasteiger charge is -2.03. The second-order valence-electron chi connectivity index (χ2n) is 3.42. The number of aryl methyl sites for hydroxylation is 1. The summed E-state index contributed by atoms with van der Waals surface area (Å²) in [5, 5.41) is 4.08. The number of hydrogen-bond acceptors (Lipinski definition) is 2. The molecule has 0 saturated carbocycles. The van der Waals surface area contributed by atoms with Gasteiger partial charge in [0, 0.05) is 17.5 Å². The molecule has 0 bridgehead atoms. The molecule has 76 valence electrons. The molecule has 2 rings (SSSR count). The lowest BCUT2D eigenvalue weighted by molar-refractivity contribution is 0.0967. The van der Waals surface area contributed by atoms with Gasteiger partial charge in [0.05, 0.1) is 0 Å². The highest BCUT2D eigenvalue weighted by molar-refractivity contribution is 5.95. The van der Waals surface area contributed by atoms with Crippen molar-refractivity contribution in [2.75, 3.05) is 0 Å². The Bertz CT molecular complexity index is 459. The number of aromatic nitrogens is 2. The van der Waals surface area contributed by atoms with Gasteiger partial charge in [0.2, 0.25) is 0 Å².